The van der Waals surface area contributed by atoms with Crippen LogP contribution in [0.4, 0.5) is 0 Å². The Labute approximate surface area is 161 Å². The van der Waals surface area contributed by atoms with Crippen molar-refractivity contribution in [2.45, 2.75) is 12.8 Å². The lowest BCUT2D eigenvalue weighted by molar-refractivity contribution is -0.153. The number of aromatic hydroxyl groups is 2. The first kappa shape index (κ1) is 20.9. The van der Waals surface area contributed by atoms with Crippen LogP contribution < -0.4 is 9.47 Å². The Kier molecular flexibility index (Phi) is 6.70. The number of hydrogen-bond donors (Lipinski definition) is 4. The molecular weight excluding hydrogens is 368 g/mol. The van der Waals surface area contributed by atoms with E-state index < -0.39 is 23.8 Å². The maximum atomic E-state index is 11.8. The van der Waals surface area contributed by atoms with Gasteiger partial charge in [-0.05, 0) is 48.2 Å². The van der Waals surface area contributed by atoms with Crippen LogP contribution in [0, 0.1) is 11.8 Å². The first-order chi connectivity index (χ1) is 13.3. The lowest BCUT2D eigenvalue weighted by Gasteiger charge is -2.21. The molecule has 0 amide bonds. The Morgan fingerprint density at radius 1 is 0.786 bits per heavy atom. The van der Waals surface area contributed by atoms with E-state index in [2.05, 4.69) is 0 Å². The monoisotopic (exact) mass is 390 g/mol. The topological polar surface area (TPSA) is 134 Å². The maximum Gasteiger partial charge on any atom is 0.307 e. The van der Waals surface area contributed by atoms with E-state index in [1.54, 1.807) is 0 Å². The highest BCUT2D eigenvalue weighted by atomic mass is 16.5. The van der Waals surface area contributed by atoms with Gasteiger partial charge in [0, 0.05) is 0 Å². The number of phenolic OH excluding ortho intramolecular Hbond substituents is 2. The number of carboxylic acids is 2. The van der Waals surface area contributed by atoms with Crippen LogP contribution in [-0.4, -0.2) is 46.6 Å². The van der Waals surface area contributed by atoms with E-state index in [4.69, 9.17) is 9.47 Å². The summed E-state index contributed by atoms with van der Waals surface area (Å²) in [5.41, 5.74) is 1.05. The summed E-state index contributed by atoms with van der Waals surface area (Å²) < 4.78 is 10.0. The Bertz CT molecular complexity index is 790. The number of methoxy groups -OCH3 is 2. The van der Waals surface area contributed by atoms with Gasteiger partial charge in [-0.1, -0.05) is 12.1 Å². The summed E-state index contributed by atoms with van der Waals surface area (Å²) in [6.07, 6.45) is -0.115. The molecule has 0 heterocycles. The fourth-order valence-electron chi connectivity index (χ4n) is 3.01. The minimum absolute atomic E-state index is 0.0574. The van der Waals surface area contributed by atoms with Crippen molar-refractivity contribution < 1.29 is 39.5 Å². The summed E-state index contributed by atoms with van der Waals surface area (Å²) in [5.74, 6) is -4.75. The third kappa shape index (κ3) is 4.85. The van der Waals surface area contributed by atoms with Crippen molar-refractivity contribution in [1.82, 2.24) is 0 Å². The SMILES string of the molecule is COc1cc(C[C@@H](C(=O)O)[C@@H](Cc2ccc(O)c(OC)c2)C(=O)O)ccc1O. The minimum atomic E-state index is -1.25. The first-order valence-electron chi connectivity index (χ1n) is 8.44. The number of rotatable bonds is 9. The molecular formula is C20H22O8. The van der Waals surface area contributed by atoms with E-state index in [-0.39, 0.29) is 35.8 Å². The molecule has 0 aliphatic heterocycles. The van der Waals surface area contributed by atoms with Crippen LogP contribution in [0.1, 0.15) is 11.1 Å². The van der Waals surface area contributed by atoms with Crippen LogP contribution in [0.2, 0.25) is 0 Å². The Morgan fingerprint density at radius 3 is 1.43 bits per heavy atom. The largest absolute Gasteiger partial charge is 0.504 e. The second kappa shape index (κ2) is 8.98. The summed E-state index contributed by atoms with van der Waals surface area (Å²) in [5, 5.41) is 38.6. The van der Waals surface area contributed by atoms with Gasteiger partial charge in [0.15, 0.2) is 23.0 Å². The molecule has 0 saturated carbocycles. The van der Waals surface area contributed by atoms with E-state index in [1.165, 1.54) is 50.6 Å². The molecule has 0 aromatic heterocycles. The van der Waals surface area contributed by atoms with Crippen LogP contribution in [-0.2, 0) is 22.4 Å². The lowest BCUT2D eigenvalue weighted by atomic mass is 9.82. The predicted octanol–water partition coefficient (Wildman–Crippen LogP) is 2.30. The number of phenols is 2. The highest BCUT2D eigenvalue weighted by molar-refractivity contribution is 5.80. The van der Waals surface area contributed by atoms with E-state index in [1.807, 2.05) is 0 Å². The molecule has 0 fully saturated rings. The van der Waals surface area contributed by atoms with Crippen molar-refractivity contribution in [2.75, 3.05) is 14.2 Å². The third-order valence-electron chi connectivity index (χ3n) is 4.52. The van der Waals surface area contributed by atoms with Crippen molar-refractivity contribution in [1.29, 1.82) is 0 Å². The molecule has 8 nitrogen and oxygen atoms in total. The summed E-state index contributed by atoms with van der Waals surface area (Å²) in [6.45, 7) is 0. The zero-order valence-corrected chi connectivity index (χ0v) is 15.5. The molecule has 0 unspecified atom stereocenters. The molecule has 2 rings (SSSR count). The number of aliphatic carboxylic acids is 2. The normalized spacial score (nSPS) is 12.8. The summed E-state index contributed by atoms with van der Waals surface area (Å²) in [6, 6.07) is 8.75. The molecule has 0 radical (unpaired) electrons. The van der Waals surface area contributed by atoms with Crippen LogP contribution in [0.15, 0.2) is 36.4 Å². The van der Waals surface area contributed by atoms with E-state index >= 15 is 0 Å². The molecule has 8 heteroatoms. The summed E-state index contributed by atoms with van der Waals surface area (Å²) in [7, 11) is 2.73. The van der Waals surface area contributed by atoms with E-state index in [0.29, 0.717) is 11.1 Å². The van der Waals surface area contributed by atoms with Gasteiger partial charge < -0.3 is 29.9 Å². The zero-order valence-electron chi connectivity index (χ0n) is 15.5. The highest BCUT2D eigenvalue weighted by Gasteiger charge is 2.34. The average Bonchev–Trinajstić information content (AvgIpc) is 2.66. The van der Waals surface area contributed by atoms with Gasteiger partial charge in [0.2, 0.25) is 0 Å². The summed E-state index contributed by atoms with van der Waals surface area (Å²) >= 11 is 0. The zero-order chi connectivity index (χ0) is 20.8. The van der Waals surface area contributed by atoms with Gasteiger partial charge in [-0.25, -0.2) is 0 Å². The molecule has 4 N–H and O–H groups in total. The molecule has 0 aliphatic carbocycles. The molecule has 0 spiro atoms. The van der Waals surface area contributed by atoms with Crippen molar-refractivity contribution in [3.05, 3.63) is 47.5 Å². The van der Waals surface area contributed by atoms with Gasteiger partial charge in [0.1, 0.15) is 0 Å². The Morgan fingerprint density at radius 2 is 1.14 bits per heavy atom. The van der Waals surface area contributed by atoms with Gasteiger partial charge in [-0.15, -0.1) is 0 Å². The Hall–Kier alpha value is -3.42. The number of hydrogen-bond acceptors (Lipinski definition) is 6. The first-order valence-corrected chi connectivity index (χ1v) is 8.44. The number of carbonyl (C=O) groups is 2. The number of ether oxygens (including phenoxy) is 2. The van der Waals surface area contributed by atoms with Gasteiger partial charge >= 0.3 is 11.9 Å². The second-order valence-corrected chi connectivity index (χ2v) is 6.31. The molecule has 0 saturated heterocycles. The fraction of sp³-hybridized carbons (Fsp3) is 0.300. The van der Waals surface area contributed by atoms with Gasteiger partial charge in [-0.2, -0.15) is 0 Å². The standard InChI is InChI=1S/C20H22O8/c1-27-17-9-11(3-5-15(17)21)7-13(19(23)24)14(20(25)26)8-12-4-6-16(22)18(10-12)28-2/h3-6,9-10,13-14,21-22H,7-8H2,1-2H3,(H,23,24)(H,25,26)/t13-,14-/m1/s1. The van der Waals surface area contributed by atoms with Crippen LogP contribution in [0.3, 0.4) is 0 Å². The smallest absolute Gasteiger partial charge is 0.307 e. The maximum absolute atomic E-state index is 11.8. The Balaban J connectivity index is 2.32. The van der Waals surface area contributed by atoms with Crippen LogP contribution in [0.5, 0.6) is 23.0 Å². The van der Waals surface area contributed by atoms with Gasteiger partial charge in [0.05, 0.1) is 26.1 Å². The molecule has 150 valence electrons. The number of carboxylic acid groups (broad SMARTS) is 2. The fourth-order valence-corrected chi connectivity index (χ4v) is 3.01. The van der Waals surface area contributed by atoms with Crippen molar-refractivity contribution in [2.24, 2.45) is 11.8 Å². The molecule has 2 atom stereocenters. The molecule has 28 heavy (non-hydrogen) atoms. The van der Waals surface area contributed by atoms with Crippen molar-refractivity contribution in [3.8, 4) is 23.0 Å². The molecule has 0 aliphatic rings. The van der Waals surface area contributed by atoms with Gasteiger partial charge in [-0.3, -0.25) is 9.59 Å². The molecule has 0 bridgehead atoms. The van der Waals surface area contributed by atoms with Crippen molar-refractivity contribution in [3.63, 3.8) is 0 Å². The second-order valence-electron chi connectivity index (χ2n) is 6.31. The highest BCUT2D eigenvalue weighted by Crippen LogP contribution is 2.31. The summed E-state index contributed by atoms with van der Waals surface area (Å²) in [4.78, 5) is 23.7. The lowest BCUT2D eigenvalue weighted by Crippen LogP contribution is -2.33. The predicted molar refractivity (Wildman–Crippen MR) is 99.0 cm³/mol. The average molecular weight is 390 g/mol. The third-order valence-corrected chi connectivity index (χ3v) is 4.52. The van der Waals surface area contributed by atoms with E-state index in [9.17, 15) is 30.0 Å². The molecule has 2 aromatic rings. The van der Waals surface area contributed by atoms with E-state index in [0.717, 1.165) is 0 Å². The van der Waals surface area contributed by atoms with Gasteiger partial charge in [0.25, 0.3) is 0 Å². The quantitative estimate of drug-likeness (QED) is 0.512. The van der Waals surface area contributed by atoms with Crippen molar-refractivity contribution >= 4 is 11.9 Å². The molecule has 2 aromatic carbocycles. The van der Waals surface area contributed by atoms with Crippen LogP contribution >= 0.6 is 0 Å². The minimum Gasteiger partial charge on any atom is -0.504 e. The van der Waals surface area contributed by atoms with Crippen LogP contribution in [0.25, 0.3) is 0 Å². The number of benzene rings is 2.